The van der Waals surface area contributed by atoms with E-state index < -0.39 is 6.10 Å². The van der Waals surface area contributed by atoms with E-state index in [1.165, 1.54) is 13.2 Å². The Balaban J connectivity index is 0.00000289. The summed E-state index contributed by atoms with van der Waals surface area (Å²) in [6.07, 6.45) is -0.662. The number of amides is 1. The van der Waals surface area contributed by atoms with Gasteiger partial charge in [0.1, 0.15) is 11.9 Å². The third-order valence-electron chi connectivity index (χ3n) is 2.49. The van der Waals surface area contributed by atoms with Crippen molar-refractivity contribution in [3.8, 4) is 0 Å². The highest BCUT2D eigenvalue weighted by Gasteiger charge is 2.14. The molecule has 0 heterocycles. The largest absolute Gasteiger partial charge is 0.370 e. The highest BCUT2D eigenvalue weighted by atomic mass is 35.5. The van der Waals surface area contributed by atoms with Crippen molar-refractivity contribution in [3.05, 3.63) is 35.1 Å². The molecule has 1 atom stereocenters. The minimum atomic E-state index is -0.662. The second kappa shape index (κ2) is 8.02. The van der Waals surface area contributed by atoms with E-state index in [4.69, 9.17) is 10.5 Å². The number of benzene rings is 1. The Morgan fingerprint density at radius 1 is 1.56 bits per heavy atom. The molecule has 4 nitrogen and oxygen atoms in total. The first-order chi connectivity index (χ1) is 8.08. The smallest absolute Gasteiger partial charge is 0.250 e. The van der Waals surface area contributed by atoms with Gasteiger partial charge in [-0.15, -0.1) is 12.4 Å². The Morgan fingerprint density at radius 2 is 2.22 bits per heavy atom. The predicted octanol–water partition coefficient (Wildman–Crippen LogP) is 1.15. The number of methoxy groups -OCH3 is 1. The third-order valence-corrected chi connectivity index (χ3v) is 2.49. The summed E-state index contributed by atoms with van der Waals surface area (Å²) in [7, 11) is 1.42. The molecule has 1 aromatic carbocycles. The molecule has 1 amide bonds. The van der Waals surface area contributed by atoms with Crippen LogP contribution in [0.2, 0.25) is 0 Å². The minimum Gasteiger partial charge on any atom is -0.370 e. The molecule has 18 heavy (non-hydrogen) atoms. The van der Waals surface area contributed by atoms with Gasteiger partial charge in [0.15, 0.2) is 0 Å². The van der Waals surface area contributed by atoms with Crippen molar-refractivity contribution in [1.82, 2.24) is 5.32 Å². The van der Waals surface area contributed by atoms with Gasteiger partial charge >= 0.3 is 0 Å². The van der Waals surface area contributed by atoms with E-state index in [0.29, 0.717) is 11.1 Å². The monoisotopic (exact) mass is 276 g/mol. The van der Waals surface area contributed by atoms with Crippen LogP contribution >= 0.6 is 12.4 Å². The Hall–Kier alpha value is -1.17. The SMILES string of the molecule is COC(CN)C(=O)NCc1ccc(C)c(F)c1.Cl. The van der Waals surface area contributed by atoms with Crippen LogP contribution in [0.5, 0.6) is 0 Å². The maximum atomic E-state index is 13.2. The lowest BCUT2D eigenvalue weighted by Gasteiger charge is -2.13. The molecule has 0 aromatic heterocycles. The van der Waals surface area contributed by atoms with Gasteiger partial charge in [-0.2, -0.15) is 0 Å². The number of nitrogens with two attached hydrogens (primary N) is 1. The van der Waals surface area contributed by atoms with Crippen LogP contribution in [0.1, 0.15) is 11.1 Å². The molecule has 0 aliphatic rings. The van der Waals surface area contributed by atoms with Crippen LogP contribution in [0.15, 0.2) is 18.2 Å². The molecule has 6 heteroatoms. The lowest BCUT2D eigenvalue weighted by atomic mass is 10.1. The van der Waals surface area contributed by atoms with Crippen molar-refractivity contribution in [1.29, 1.82) is 0 Å². The summed E-state index contributed by atoms with van der Waals surface area (Å²) in [5, 5.41) is 2.64. The second-order valence-electron chi connectivity index (χ2n) is 3.76. The number of ether oxygens (including phenoxy) is 1. The average molecular weight is 277 g/mol. The van der Waals surface area contributed by atoms with Gasteiger partial charge in [0, 0.05) is 20.2 Å². The van der Waals surface area contributed by atoms with Gasteiger partial charge in [-0.3, -0.25) is 4.79 Å². The number of nitrogens with one attached hydrogen (secondary N) is 1. The van der Waals surface area contributed by atoms with Crippen LogP contribution in [0.3, 0.4) is 0 Å². The highest BCUT2D eigenvalue weighted by molar-refractivity contribution is 5.85. The lowest BCUT2D eigenvalue weighted by Crippen LogP contribution is -2.40. The molecule has 3 N–H and O–H groups in total. The molecular formula is C12H18ClFN2O2. The van der Waals surface area contributed by atoms with Gasteiger partial charge in [0.25, 0.3) is 5.91 Å². The van der Waals surface area contributed by atoms with Crippen molar-refractivity contribution in [3.63, 3.8) is 0 Å². The fourth-order valence-electron chi connectivity index (χ4n) is 1.36. The third kappa shape index (κ3) is 4.60. The van der Waals surface area contributed by atoms with Crippen LogP contribution in [0.4, 0.5) is 4.39 Å². The topological polar surface area (TPSA) is 64.3 Å². The van der Waals surface area contributed by atoms with Crippen molar-refractivity contribution in [2.75, 3.05) is 13.7 Å². The van der Waals surface area contributed by atoms with Gasteiger partial charge in [-0.25, -0.2) is 4.39 Å². The lowest BCUT2D eigenvalue weighted by molar-refractivity contribution is -0.130. The number of rotatable bonds is 5. The summed E-state index contributed by atoms with van der Waals surface area (Å²) >= 11 is 0. The maximum Gasteiger partial charge on any atom is 0.250 e. The van der Waals surface area contributed by atoms with E-state index in [9.17, 15) is 9.18 Å². The van der Waals surface area contributed by atoms with Crippen molar-refractivity contribution in [2.45, 2.75) is 19.6 Å². The summed E-state index contributed by atoms with van der Waals surface area (Å²) in [4.78, 5) is 11.5. The van der Waals surface area contributed by atoms with E-state index in [1.807, 2.05) is 0 Å². The summed E-state index contributed by atoms with van der Waals surface area (Å²) in [6, 6.07) is 4.84. The van der Waals surface area contributed by atoms with Crippen LogP contribution in [0.25, 0.3) is 0 Å². The quantitative estimate of drug-likeness (QED) is 0.848. The molecule has 0 aliphatic heterocycles. The zero-order chi connectivity index (χ0) is 12.8. The van der Waals surface area contributed by atoms with Crippen LogP contribution in [0, 0.1) is 12.7 Å². The molecule has 0 bridgehead atoms. The van der Waals surface area contributed by atoms with Crippen molar-refractivity contribution >= 4 is 18.3 Å². The Kier molecular flexibility index (Phi) is 7.50. The van der Waals surface area contributed by atoms with Crippen molar-refractivity contribution in [2.24, 2.45) is 5.73 Å². The first-order valence-electron chi connectivity index (χ1n) is 5.34. The Bertz CT molecular complexity index is 398. The van der Waals surface area contributed by atoms with Gasteiger partial charge in [-0.1, -0.05) is 12.1 Å². The summed E-state index contributed by atoms with van der Waals surface area (Å²) in [5.74, 6) is -0.574. The van der Waals surface area contributed by atoms with Crippen LogP contribution < -0.4 is 11.1 Å². The molecule has 1 aromatic rings. The Morgan fingerprint density at radius 3 is 2.72 bits per heavy atom. The van der Waals surface area contributed by atoms with E-state index in [1.54, 1.807) is 19.1 Å². The number of hydrogen-bond donors (Lipinski definition) is 2. The minimum absolute atomic E-state index is 0. The number of hydrogen-bond acceptors (Lipinski definition) is 3. The predicted molar refractivity (Wildman–Crippen MR) is 70.1 cm³/mol. The summed E-state index contributed by atoms with van der Waals surface area (Å²) in [5.41, 5.74) is 6.63. The fraction of sp³-hybridized carbons (Fsp3) is 0.417. The average Bonchev–Trinajstić information content (AvgIpc) is 2.32. The summed E-state index contributed by atoms with van der Waals surface area (Å²) < 4.78 is 18.1. The molecule has 1 unspecified atom stereocenters. The molecule has 0 radical (unpaired) electrons. The zero-order valence-corrected chi connectivity index (χ0v) is 11.2. The molecular weight excluding hydrogens is 259 g/mol. The maximum absolute atomic E-state index is 13.2. The van der Waals surface area contributed by atoms with Gasteiger partial charge in [-0.05, 0) is 24.1 Å². The standard InChI is InChI=1S/C12H17FN2O2.ClH/c1-8-3-4-9(5-10(8)13)7-15-12(16)11(6-14)17-2;/h3-5,11H,6-7,14H2,1-2H3,(H,15,16);1H. The van der Waals surface area contributed by atoms with E-state index in [-0.39, 0.29) is 37.2 Å². The number of aryl methyl sites for hydroxylation is 1. The first kappa shape index (κ1) is 16.8. The van der Waals surface area contributed by atoms with Crippen molar-refractivity contribution < 1.29 is 13.9 Å². The van der Waals surface area contributed by atoms with E-state index in [2.05, 4.69) is 5.32 Å². The summed E-state index contributed by atoms with van der Waals surface area (Å²) in [6.45, 7) is 2.06. The van der Waals surface area contributed by atoms with Gasteiger partial charge in [0.2, 0.25) is 0 Å². The molecule has 0 spiro atoms. The molecule has 1 rings (SSSR count). The fourth-order valence-corrected chi connectivity index (χ4v) is 1.36. The zero-order valence-electron chi connectivity index (χ0n) is 10.4. The number of halogens is 2. The van der Waals surface area contributed by atoms with Crippen LogP contribution in [-0.4, -0.2) is 25.7 Å². The Labute approximate surface area is 112 Å². The van der Waals surface area contributed by atoms with E-state index >= 15 is 0 Å². The molecule has 0 fully saturated rings. The highest BCUT2D eigenvalue weighted by Crippen LogP contribution is 2.08. The molecule has 0 aliphatic carbocycles. The van der Waals surface area contributed by atoms with Crippen LogP contribution in [-0.2, 0) is 16.1 Å². The van der Waals surface area contributed by atoms with Gasteiger partial charge in [0.05, 0.1) is 0 Å². The normalized spacial score (nSPS) is 11.6. The second-order valence-corrected chi connectivity index (χ2v) is 3.76. The number of carbonyl (C=O) groups excluding carboxylic acids is 1. The van der Waals surface area contributed by atoms with Gasteiger partial charge < -0.3 is 15.8 Å². The molecule has 0 saturated carbocycles. The van der Waals surface area contributed by atoms with E-state index in [0.717, 1.165) is 0 Å². The first-order valence-corrected chi connectivity index (χ1v) is 5.34. The molecule has 102 valence electrons. The molecule has 0 saturated heterocycles. The number of carbonyl (C=O) groups is 1.